The molecule has 1 aliphatic heterocycles. The molecule has 164 valence electrons. The minimum Gasteiger partial charge on any atom is -0.497 e. The van der Waals surface area contributed by atoms with E-state index in [4.69, 9.17) is 9.47 Å². The highest BCUT2D eigenvalue weighted by molar-refractivity contribution is 7.89. The normalized spacial score (nSPS) is 21.3. The van der Waals surface area contributed by atoms with Crippen molar-refractivity contribution in [3.63, 3.8) is 0 Å². The van der Waals surface area contributed by atoms with Crippen LogP contribution < -0.4 is 9.47 Å². The minimum atomic E-state index is -3.77. The van der Waals surface area contributed by atoms with Crippen molar-refractivity contribution in [2.75, 3.05) is 27.3 Å². The fourth-order valence-electron chi connectivity index (χ4n) is 3.50. The number of nitrogens with zero attached hydrogens (tertiary/aromatic N) is 2. The smallest absolute Gasteiger partial charge is 0.243 e. The molecule has 1 aliphatic rings. The van der Waals surface area contributed by atoms with Gasteiger partial charge in [-0.1, -0.05) is 0 Å². The van der Waals surface area contributed by atoms with Gasteiger partial charge in [-0.3, -0.25) is 0 Å². The standard InChI is InChI=1S/C20H26N2O6S2/c1-15-13-22(30(25,26)20-11-7-18(28-4)8-12-20)16(2)14-21(15)29(23,24)19-9-5-17(27-3)6-10-19/h5-12,15-16H,13-14H2,1-4H3/t15-,16-/m1/s1. The molecule has 0 amide bonds. The van der Waals surface area contributed by atoms with Gasteiger partial charge < -0.3 is 9.47 Å². The average Bonchev–Trinajstić information content (AvgIpc) is 2.74. The van der Waals surface area contributed by atoms with E-state index in [0.29, 0.717) is 11.5 Å². The predicted molar refractivity (Wildman–Crippen MR) is 113 cm³/mol. The molecular weight excluding hydrogens is 428 g/mol. The molecule has 2 atom stereocenters. The van der Waals surface area contributed by atoms with Crippen LogP contribution in [0.25, 0.3) is 0 Å². The van der Waals surface area contributed by atoms with Gasteiger partial charge in [0.25, 0.3) is 0 Å². The monoisotopic (exact) mass is 454 g/mol. The molecule has 1 saturated heterocycles. The van der Waals surface area contributed by atoms with E-state index in [1.54, 1.807) is 38.1 Å². The van der Waals surface area contributed by atoms with Crippen molar-refractivity contribution >= 4 is 20.0 Å². The molecule has 3 rings (SSSR count). The Morgan fingerprint density at radius 1 is 0.667 bits per heavy atom. The third kappa shape index (κ3) is 4.18. The third-order valence-electron chi connectivity index (χ3n) is 5.20. The van der Waals surface area contributed by atoms with Gasteiger partial charge in [0.05, 0.1) is 24.0 Å². The fraction of sp³-hybridized carbons (Fsp3) is 0.400. The number of rotatable bonds is 6. The summed E-state index contributed by atoms with van der Waals surface area (Å²) in [6.07, 6.45) is 0. The van der Waals surface area contributed by atoms with Gasteiger partial charge in [-0.05, 0) is 62.4 Å². The molecule has 8 nitrogen and oxygen atoms in total. The lowest BCUT2D eigenvalue weighted by Gasteiger charge is -2.42. The third-order valence-corrected chi connectivity index (χ3v) is 9.19. The highest BCUT2D eigenvalue weighted by Crippen LogP contribution is 2.29. The molecule has 1 heterocycles. The van der Waals surface area contributed by atoms with Crippen molar-refractivity contribution in [3.8, 4) is 11.5 Å². The van der Waals surface area contributed by atoms with E-state index < -0.39 is 32.1 Å². The number of benzene rings is 2. The molecule has 0 aromatic heterocycles. The van der Waals surface area contributed by atoms with Crippen LogP contribution in [0.5, 0.6) is 11.5 Å². The van der Waals surface area contributed by atoms with Gasteiger partial charge in [-0.2, -0.15) is 8.61 Å². The van der Waals surface area contributed by atoms with Crippen molar-refractivity contribution in [1.29, 1.82) is 0 Å². The SMILES string of the molecule is COc1ccc(S(=O)(=O)N2C[C@@H](C)N(S(=O)(=O)c3ccc(OC)cc3)C[C@H]2C)cc1. The molecule has 2 aromatic carbocycles. The van der Waals surface area contributed by atoms with Crippen molar-refractivity contribution in [1.82, 2.24) is 8.61 Å². The van der Waals surface area contributed by atoms with E-state index in [9.17, 15) is 16.8 Å². The molecular formula is C20H26N2O6S2. The highest BCUT2D eigenvalue weighted by Gasteiger charge is 2.41. The molecule has 0 radical (unpaired) electrons. The number of hydrogen-bond donors (Lipinski definition) is 0. The lowest BCUT2D eigenvalue weighted by molar-refractivity contribution is 0.163. The summed E-state index contributed by atoms with van der Waals surface area (Å²) in [4.78, 5) is 0.294. The maximum absolute atomic E-state index is 13.1. The van der Waals surface area contributed by atoms with E-state index in [0.717, 1.165) is 0 Å². The largest absolute Gasteiger partial charge is 0.497 e. The van der Waals surface area contributed by atoms with Crippen molar-refractivity contribution < 1.29 is 26.3 Å². The van der Waals surface area contributed by atoms with Gasteiger partial charge in [0.15, 0.2) is 0 Å². The zero-order valence-electron chi connectivity index (χ0n) is 17.3. The fourth-order valence-corrected chi connectivity index (χ4v) is 6.91. The summed E-state index contributed by atoms with van der Waals surface area (Å²) >= 11 is 0. The number of sulfonamides is 2. The first-order chi connectivity index (χ1) is 14.1. The summed E-state index contributed by atoms with van der Waals surface area (Å²) in [5.41, 5.74) is 0. The van der Waals surface area contributed by atoms with Crippen LogP contribution in [0.1, 0.15) is 13.8 Å². The van der Waals surface area contributed by atoms with Crippen molar-refractivity contribution in [2.45, 2.75) is 35.7 Å². The van der Waals surface area contributed by atoms with E-state index in [1.807, 2.05) is 0 Å². The minimum absolute atomic E-state index is 0.0604. The molecule has 0 unspecified atom stereocenters. The van der Waals surface area contributed by atoms with Gasteiger partial charge in [0.1, 0.15) is 11.5 Å². The number of methoxy groups -OCH3 is 2. The number of ether oxygens (including phenoxy) is 2. The van der Waals surface area contributed by atoms with Gasteiger partial charge in [-0.15, -0.1) is 0 Å². The second kappa shape index (κ2) is 8.54. The maximum Gasteiger partial charge on any atom is 0.243 e. The van der Waals surface area contributed by atoms with E-state index in [-0.39, 0.29) is 22.9 Å². The topological polar surface area (TPSA) is 93.2 Å². The molecule has 1 fully saturated rings. The van der Waals surface area contributed by atoms with Gasteiger partial charge in [0.2, 0.25) is 20.0 Å². The molecule has 2 aromatic rings. The van der Waals surface area contributed by atoms with Crippen LogP contribution in [0.15, 0.2) is 58.3 Å². The first-order valence-corrected chi connectivity index (χ1v) is 12.3. The quantitative estimate of drug-likeness (QED) is 0.664. The summed E-state index contributed by atoms with van der Waals surface area (Å²) in [6, 6.07) is 11.3. The van der Waals surface area contributed by atoms with Crippen LogP contribution in [0.2, 0.25) is 0 Å². The lowest BCUT2D eigenvalue weighted by Crippen LogP contribution is -2.59. The molecule has 30 heavy (non-hydrogen) atoms. The first-order valence-electron chi connectivity index (χ1n) is 9.43. The molecule has 0 spiro atoms. The molecule has 0 saturated carbocycles. The summed E-state index contributed by atoms with van der Waals surface area (Å²) in [5, 5.41) is 0. The van der Waals surface area contributed by atoms with E-state index >= 15 is 0 Å². The second-order valence-corrected chi connectivity index (χ2v) is 11.0. The highest BCUT2D eigenvalue weighted by atomic mass is 32.2. The Labute approximate surface area is 178 Å². The Morgan fingerprint density at radius 3 is 1.23 bits per heavy atom. The van der Waals surface area contributed by atoms with E-state index in [2.05, 4.69) is 0 Å². The van der Waals surface area contributed by atoms with Gasteiger partial charge in [0, 0.05) is 25.2 Å². The Morgan fingerprint density at radius 2 is 0.967 bits per heavy atom. The maximum atomic E-state index is 13.1. The summed E-state index contributed by atoms with van der Waals surface area (Å²) < 4.78 is 65.5. The van der Waals surface area contributed by atoms with Crippen LogP contribution in [0, 0.1) is 0 Å². The zero-order chi connectivity index (χ0) is 22.1. The van der Waals surface area contributed by atoms with Crippen LogP contribution in [-0.2, 0) is 20.0 Å². The summed E-state index contributed by atoms with van der Waals surface area (Å²) in [5.74, 6) is 1.12. The molecule has 0 bridgehead atoms. The summed E-state index contributed by atoms with van der Waals surface area (Å²) in [6.45, 7) is 3.54. The van der Waals surface area contributed by atoms with Crippen LogP contribution in [0.3, 0.4) is 0 Å². The Hall–Kier alpha value is -2.14. The molecule has 0 N–H and O–H groups in total. The van der Waals surface area contributed by atoms with Gasteiger partial charge in [-0.25, -0.2) is 16.8 Å². The average molecular weight is 455 g/mol. The van der Waals surface area contributed by atoms with Gasteiger partial charge >= 0.3 is 0 Å². The molecule has 10 heteroatoms. The number of hydrogen-bond acceptors (Lipinski definition) is 6. The van der Waals surface area contributed by atoms with Crippen LogP contribution in [-0.4, -0.2) is 64.8 Å². The molecule has 0 aliphatic carbocycles. The zero-order valence-corrected chi connectivity index (χ0v) is 19.0. The first kappa shape index (κ1) is 22.5. The van der Waals surface area contributed by atoms with Crippen molar-refractivity contribution in [2.24, 2.45) is 0 Å². The van der Waals surface area contributed by atoms with E-state index in [1.165, 1.54) is 47.1 Å². The predicted octanol–water partition coefficient (Wildman–Crippen LogP) is 2.18. The lowest BCUT2D eigenvalue weighted by atomic mass is 10.2. The Kier molecular flexibility index (Phi) is 6.42. The summed E-state index contributed by atoms with van der Waals surface area (Å²) in [7, 11) is -4.52. The second-order valence-electron chi connectivity index (χ2n) is 7.20. The van der Waals surface area contributed by atoms with Crippen molar-refractivity contribution in [3.05, 3.63) is 48.5 Å². The Balaban J connectivity index is 1.85. The van der Waals surface area contributed by atoms with Crippen LogP contribution >= 0.6 is 0 Å². The number of piperazine rings is 1. The van der Waals surface area contributed by atoms with Crippen LogP contribution in [0.4, 0.5) is 0 Å². The Bertz CT molecular complexity index is 994.